The molecule has 0 aliphatic heterocycles. The van der Waals surface area contributed by atoms with Crippen LogP contribution in [0.3, 0.4) is 0 Å². The molecule has 0 aromatic heterocycles. The largest absolute Gasteiger partial charge is 1.00 e. The topological polar surface area (TPSA) is 0 Å². The van der Waals surface area contributed by atoms with Crippen molar-refractivity contribution in [3.63, 3.8) is 0 Å². The zero-order valence-corrected chi connectivity index (χ0v) is 7.12. The van der Waals surface area contributed by atoms with Gasteiger partial charge in [0.05, 0.1) is 0 Å². The first-order chi connectivity index (χ1) is 0. The van der Waals surface area contributed by atoms with Gasteiger partial charge in [-0.3, -0.25) is 0 Å². The Morgan fingerprint density at radius 2 is 0.385 bits per heavy atom. The summed E-state index contributed by atoms with van der Waals surface area (Å²) >= 11 is 0. The zero-order valence-electron chi connectivity index (χ0n) is 3.00. The molecule has 0 bridgehead atoms. The molecule has 0 rings (SSSR count). The monoisotopic (exact) mass is 274 g/mol. The van der Waals surface area contributed by atoms with Crippen LogP contribution in [0.15, 0.2) is 0 Å². The smallest absolute Gasteiger partial charge is 1.00 e. The van der Waals surface area contributed by atoms with E-state index < -0.39 is 0 Å². The molecule has 0 N–H and O–H groups in total. The van der Waals surface area contributed by atoms with Crippen LogP contribution in [0.5, 0.6) is 0 Å². The average Bonchev–Trinajstić information content (AvgIpc) is 0. The fraction of sp³-hybridized carbons (Fsp3) is 1.00. The molecule has 0 saturated heterocycles. The minimum Gasteiger partial charge on any atom is -1.00 e. The molecule has 0 amide bonds. The van der Waals surface area contributed by atoms with Crippen molar-refractivity contribution in [2.24, 2.45) is 0 Å². The number of hydrogen-bond donors (Lipinski definition) is 0. The van der Waals surface area contributed by atoms with Gasteiger partial charge in [-0.05, 0) is 0 Å². The summed E-state index contributed by atoms with van der Waals surface area (Å²) in [7, 11) is 0. The van der Waals surface area contributed by atoms with E-state index in [1.165, 1.54) is 0 Å². The van der Waals surface area contributed by atoms with Crippen molar-refractivity contribution < 1.29 is 54.2 Å². The molecule has 0 fully saturated rings. The van der Waals surface area contributed by atoms with Crippen LogP contribution in [0, 0.1) is 0 Å². The van der Waals surface area contributed by atoms with Gasteiger partial charge in [-0.1, -0.05) is 74.3 Å². The molecule has 0 aromatic rings. The molecular formula is C10H47KS2. The van der Waals surface area contributed by atoms with Crippen LogP contribution in [-0.2, 0) is 0 Å². The Labute approximate surface area is 153 Å². The normalized spacial score (nSPS) is 0. The van der Waals surface area contributed by atoms with Gasteiger partial charge in [0.25, 0.3) is 0 Å². The van der Waals surface area contributed by atoms with Crippen molar-refractivity contribution in [2.45, 2.75) is 74.3 Å². The van der Waals surface area contributed by atoms with Crippen molar-refractivity contribution >= 4 is 27.0 Å². The Morgan fingerprint density at radius 1 is 0.385 bits per heavy atom. The Hall–Kier alpha value is 2.34. The predicted octanol–water partition coefficient (Wildman–Crippen LogP) is 3.95. The molecule has 0 nitrogen and oxygen atoms in total. The van der Waals surface area contributed by atoms with E-state index in [9.17, 15) is 0 Å². The molecule has 100 valence electrons. The standard InChI is InChI=1S/10CH4.K.2H2S.H2.H/h10*1H4;;2*1H2;1H;/q;;;;;;;;;;+1;;;;-1/i;;;;;;;;;;;;;2*1+2. The van der Waals surface area contributed by atoms with Crippen LogP contribution in [0.4, 0.5) is 0 Å². The molecule has 3 heteroatoms. The summed E-state index contributed by atoms with van der Waals surface area (Å²) < 4.78 is 0. The van der Waals surface area contributed by atoms with Gasteiger partial charge >= 0.3 is 51.4 Å². The van der Waals surface area contributed by atoms with Crippen LogP contribution in [0.25, 0.3) is 0 Å². The van der Waals surface area contributed by atoms with E-state index in [0.29, 0.717) is 0 Å². The van der Waals surface area contributed by atoms with Crippen molar-refractivity contribution in [2.75, 3.05) is 0 Å². The predicted molar refractivity (Wildman–Crippen MR) is 91.3 cm³/mol. The van der Waals surface area contributed by atoms with E-state index in [4.69, 9.17) is 0 Å². The van der Waals surface area contributed by atoms with Gasteiger partial charge in [0.15, 0.2) is 0 Å². The van der Waals surface area contributed by atoms with Crippen LogP contribution in [0.2, 0.25) is 0 Å². The maximum atomic E-state index is 0. The van der Waals surface area contributed by atoms with Gasteiger partial charge in [-0.2, -0.15) is 27.0 Å². The molecular weight excluding hydrogens is 223 g/mol. The number of rotatable bonds is 0. The zero-order chi connectivity index (χ0) is 0. The summed E-state index contributed by atoms with van der Waals surface area (Å²) in [5, 5.41) is 0. The van der Waals surface area contributed by atoms with E-state index in [2.05, 4.69) is 0 Å². The maximum absolute atomic E-state index is 0. The van der Waals surface area contributed by atoms with Gasteiger partial charge in [0.2, 0.25) is 0 Å². The second-order valence-electron chi connectivity index (χ2n) is 0. The fourth-order valence-electron chi connectivity index (χ4n) is 0. The van der Waals surface area contributed by atoms with Crippen molar-refractivity contribution in [1.82, 2.24) is 0 Å². The van der Waals surface area contributed by atoms with Crippen LogP contribution in [-0.4, -0.2) is 0 Å². The molecule has 0 saturated carbocycles. The summed E-state index contributed by atoms with van der Waals surface area (Å²) in [6.45, 7) is 0. The fourth-order valence-corrected chi connectivity index (χ4v) is 0. The minimum absolute atomic E-state index is 0. The Kier molecular flexibility index (Phi) is 20700. The SMILES string of the molecule is C.C.C.C.C.C.C.C.C.C.S.S.[3H-].[3HH].[K+]. The van der Waals surface area contributed by atoms with Gasteiger partial charge in [-0.25, -0.2) is 0 Å². The summed E-state index contributed by atoms with van der Waals surface area (Å²) in [6.07, 6.45) is 0. The Bertz CT molecular complexity index is 21.4. The van der Waals surface area contributed by atoms with E-state index in [-0.39, 0.29) is 155 Å². The molecule has 0 heterocycles. The molecule has 0 unspecified atom stereocenters. The van der Waals surface area contributed by atoms with Crippen molar-refractivity contribution in [1.29, 1.82) is 0 Å². The maximum Gasteiger partial charge on any atom is 1.00 e. The molecule has 0 aliphatic rings. The molecule has 0 radical (unpaired) electrons. The van der Waals surface area contributed by atoms with Crippen LogP contribution in [0.1, 0.15) is 77.1 Å². The third-order valence-electron chi connectivity index (χ3n) is 0. The third kappa shape index (κ3) is 400. The van der Waals surface area contributed by atoms with Crippen molar-refractivity contribution in [3.05, 3.63) is 0 Å². The second-order valence-corrected chi connectivity index (χ2v) is 0. The Morgan fingerprint density at radius 3 is 0.385 bits per heavy atom. The van der Waals surface area contributed by atoms with E-state index >= 15 is 0 Å². The minimum atomic E-state index is 0. The first kappa shape index (κ1) is 577. The number of hydrogen-bond acceptors (Lipinski definition) is 0. The average molecular weight is 275 g/mol. The molecule has 0 aliphatic carbocycles. The van der Waals surface area contributed by atoms with Gasteiger partial charge < -0.3 is 1.43 Å². The molecule has 0 spiro atoms. The summed E-state index contributed by atoms with van der Waals surface area (Å²) in [5.41, 5.74) is 0. The summed E-state index contributed by atoms with van der Waals surface area (Å²) in [6, 6.07) is 0. The third-order valence-corrected chi connectivity index (χ3v) is 0. The summed E-state index contributed by atoms with van der Waals surface area (Å²) in [5.74, 6) is 0. The van der Waals surface area contributed by atoms with Crippen molar-refractivity contribution in [3.8, 4) is 0 Å². The van der Waals surface area contributed by atoms with Gasteiger partial charge in [0, 0.05) is 1.43 Å². The van der Waals surface area contributed by atoms with Crippen LogP contribution >= 0.6 is 27.0 Å². The molecule has 0 atom stereocenters. The Balaban J connectivity index is 0. The summed E-state index contributed by atoms with van der Waals surface area (Å²) in [4.78, 5) is 0. The second kappa shape index (κ2) is 467. The first-order valence-corrected chi connectivity index (χ1v) is 0. The molecule has 0 aromatic carbocycles. The molecule has 13 heavy (non-hydrogen) atoms. The van der Waals surface area contributed by atoms with Crippen LogP contribution < -0.4 is 51.4 Å². The quantitative estimate of drug-likeness (QED) is 0.587. The van der Waals surface area contributed by atoms with E-state index in [1.807, 2.05) is 0 Å². The van der Waals surface area contributed by atoms with E-state index in [1.54, 1.807) is 0 Å². The first-order valence-electron chi connectivity index (χ1n) is 0. The van der Waals surface area contributed by atoms with Gasteiger partial charge in [0.1, 0.15) is 0 Å². The van der Waals surface area contributed by atoms with Gasteiger partial charge in [-0.15, -0.1) is 0 Å². The van der Waals surface area contributed by atoms with E-state index in [0.717, 1.165) is 0 Å².